The minimum Gasteiger partial charge on any atom is -0.398 e. The van der Waals surface area contributed by atoms with Crippen LogP contribution in [0.4, 0.5) is 5.69 Å². The summed E-state index contributed by atoms with van der Waals surface area (Å²) in [6.07, 6.45) is 0. The number of rotatable bonds is 3. The normalized spacial score (nSPS) is 11.1. The highest BCUT2D eigenvalue weighted by Gasteiger charge is 2.12. The molecule has 0 aliphatic carbocycles. The van der Waals surface area contributed by atoms with Crippen LogP contribution in [-0.4, -0.2) is 23.3 Å². The molecule has 5 nitrogen and oxygen atoms in total. The minimum absolute atomic E-state index is 0.103. The topological polar surface area (TPSA) is 70.1 Å². The van der Waals surface area contributed by atoms with Crippen LogP contribution < -0.4 is 11.3 Å². The van der Waals surface area contributed by atoms with Crippen molar-refractivity contribution in [3.05, 3.63) is 32.8 Å². The lowest BCUT2D eigenvalue weighted by molar-refractivity contribution is 0.185. The summed E-state index contributed by atoms with van der Waals surface area (Å²) in [6, 6.07) is 3.49. The quantitative estimate of drug-likeness (QED) is 0.876. The van der Waals surface area contributed by atoms with Gasteiger partial charge in [0, 0.05) is 12.8 Å². The number of hydrogen-bond acceptors (Lipinski definition) is 4. The standard InChI is InChI=1S/C12H14BrN3O2/c1-7-15-9-4-3-8(14)11(13)10(9)12(17)16(7)5-6-18-2/h3-4H,5-6,14H2,1-2H3. The largest absolute Gasteiger partial charge is 0.398 e. The predicted molar refractivity (Wildman–Crippen MR) is 74.7 cm³/mol. The lowest BCUT2D eigenvalue weighted by Gasteiger charge is -2.11. The van der Waals surface area contributed by atoms with Gasteiger partial charge in [0.25, 0.3) is 5.56 Å². The Kier molecular flexibility index (Phi) is 3.68. The molecule has 0 unspecified atom stereocenters. The van der Waals surface area contributed by atoms with Crippen molar-refractivity contribution in [3.8, 4) is 0 Å². The fraction of sp³-hybridized carbons (Fsp3) is 0.333. The SMILES string of the molecule is COCCn1c(C)nc2ccc(N)c(Br)c2c1=O. The van der Waals surface area contributed by atoms with Crippen LogP contribution in [0, 0.1) is 6.92 Å². The summed E-state index contributed by atoms with van der Waals surface area (Å²) < 4.78 is 7.19. The van der Waals surface area contributed by atoms with Crippen molar-refractivity contribution in [1.82, 2.24) is 9.55 Å². The van der Waals surface area contributed by atoms with Gasteiger partial charge in [-0.05, 0) is 35.0 Å². The van der Waals surface area contributed by atoms with Crippen molar-refractivity contribution in [3.63, 3.8) is 0 Å². The molecule has 2 aromatic rings. The summed E-state index contributed by atoms with van der Waals surface area (Å²) in [6.45, 7) is 2.75. The number of aromatic nitrogens is 2. The maximum atomic E-state index is 12.4. The third kappa shape index (κ3) is 2.13. The number of halogens is 1. The molecule has 0 saturated carbocycles. The number of fused-ring (bicyclic) bond motifs is 1. The van der Waals surface area contributed by atoms with E-state index in [1.807, 2.05) is 0 Å². The molecule has 0 atom stereocenters. The first kappa shape index (κ1) is 13.0. The number of methoxy groups -OCH3 is 1. The van der Waals surface area contributed by atoms with Crippen LogP contribution in [-0.2, 0) is 11.3 Å². The monoisotopic (exact) mass is 311 g/mol. The van der Waals surface area contributed by atoms with Crippen LogP contribution >= 0.6 is 15.9 Å². The highest BCUT2D eigenvalue weighted by atomic mass is 79.9. The van der Waals surface area contributed by atoms with Gasteiger partial charge in [0.1, 0.15) is 5.82 Å². The number of nitrogens with zero attached hydrogens (tertiary/aromatic N) is 2. The average molecular weight is 312 g/mol. The van der Waals surface area contributed by atoms with Gasteiger partial charge in [0.15, 0.2) is 0 Å². The molecule has 2 rings (SSSR count). The second-order valence-corrected chi connectivity index (χ2v) is 4.76. The van der Waals surface area contributed by atoms with Gasteiger partial charge in [-0.3, -0.25) is 9.36 Å². The van der Waals surface area contributed by atoms with E-state index in [-0.39, 0.29) is 5.56 Å². The molecule has 0 radical (unpaired) electrons. The average Bonchev–Trinajstić information content (AvgIpc) is 2.33. The van der Waals surface area contributed by atoms with Gasteiger partial charge in [0.05, 0.1) is 28.5 Å². The Bertz CT molecular complexity index is 652. The van der Waals surface area contributed by atoms with Crippen LogP contribution in [0.25, 0.3) is 10.9 Å². The number of anilines is 1. The summed E-state index contributed by atoms with van der Waals surface area (Å²) in [5.74, 6) is 0.668. The second kappa shape index (κ2) is 5.07. The number of ether oxygens (including phenoxy) is 1. The summed E-state index contributed by atoms with van der Waals surface area (Å²) >= 11 is 3.35. The van der Waals surface area contributed by atoms with Gasteiger partial charge in [-0.2, -0.15) is 0 Å². The van der Waals surface area contributed by atoms with Crippen LogP contribution in [0.3, 0.4) is 0 Å². The fourth-order valence-corrected chi connectivity index (χ4v) is 2.35. The molecule has 0 aliphatic rings. The highest BCUT2D eigenvalue weighted by Crippen LogP contribution is 2.26. The number of nitrogens with two attached hydrogens (primary N) is 1. The third-order valence-electron chi connectivity index (χ3n) is 2.80. The number of aryl methyl sites for hydroxylation is 1. The summed E-state index contributed by atoms with van der Waals surface area (Å²) in [4.78, 5) is 16.8. The van der Waals surface area contributed by atoms with E-state index in [0.29, 0.717) is 40.0 Å². The zero-order valence-electron chi connectivity index (χ0n) is 10.2. The van der Waals surface area contributed by atoms with E-state index in [2.05, 4.69) is 20.9 Å². The molecule has 96 valence electrons. The molecule has 0 amide bonds. The van der Waals surface area contributed by atoms with Crippen molar-refractivity contribution in [1.29, 1.82) is 0 Å². The molecular formula is C12H14BrN3O2. The molecule has 1 aromatic carbocycles. The lowest BCUT2D eigenvalue weighted by Crippen LogP contribution is -2.26. The summed E-state index contributed by atoms with van der Waals surface area (Å²) in [5, 5.41) is 0.511. The van der Waals surface area contributed by atoms with Gasteiger partial charge < -0.3 is 10.5 Å². The van der Waals surface area contributed by atoms with Gasteiger partial charge in [-0.1, -0.05) is 0 Å². The Hall–Kier alpha value is -1.40. The molecule has 18 heavy (non-hydrogen) atoms. The molecule has 0 saturated heterocycles. The van der Waals surface area contributed by atoms with E-state index in [1.54, 1.807) is 30.7 Å². The molecular weight excluding hydrogens is 298 g/mol. The summed E-state index contributed by atoms with van der Waals surface area (Å²) in [7, 11) is 1.60. The highest BCUT2D eigenvalue weighted by molar-refractivity contribution is 9.10. The van der Waals surface area contributed by atoms with Gasteiger partial charge >= 0.3 is 0 Å². The van der Waals surface area contributed by atoms with Crippen LogP contribution in [0.1, 0.15) is 5.82 Å². The molecule has 2 N–H and O–H groups in total. The van der Waals surface area contributed by atoms with E-state index in [1.165, 1.54) is 0 Å². The Balaban J connectivity index is 2.75. The molecule has 0 spiro atoms. The van der Waals surface area contributed by atoms with Gasteiger partial charge in [0.2, 0.25) is 0 Å². The molecule has 1 aromatic heterocycles. The maximum absolute atomic E-state index is 12.4. The van der Waals surface area contributed by atoms with Gasteiger partial charge in [-0.25, -0.2) is 4.98 Å². The van der Waals surface area contributed by atoms with Crippen molar-refractivity contribution in [2.75, 3.05) is 19.5 Å². The third-order valence-corrected chi connectivity index (χ3v) is 3.66. The molecule has 1 heterocycles. The molecule has 0 aliphatic heterocycles. The Morgan fingerprint density at radius 1 is 1.50 bits per heavy atom. The minimum atomic E-state index is -0.103. The predicted octanol–water partition coefficient (Wildman–Crippen LogP) is 1.70. The van der Waals surface area contributed by atoms with E-state index in [0.717, 1.165) is 0 Å². The number of nitrogen functional groups attached to an aromatic ring is 1. The first-order valence-electron chi connectivity index (χ1n) is 5.50. The van der Waals surface area contributed by atoms with Crippen molar-refractivity contribution >= 4 is 32.5 Å². The van der Waals surface area contributed by atoms with Crippen molar-refractivity contribution in [2.45, 2.75) is 13.5 Å². The van der Waals surface area contributed by atoms with Crippen LogP contribution in [0.15, 0.2) is 21.4 Å². The van der Waals surface area contributed by atoms with Crippen LogP contribution in [0.2, 0.25) is 0 Å². The number of benzene rings is 1. The fourth-order valence-electron chi connectivity index (χ4n) is 1.84. The van der Waals surface area contributed by atoms with E-state index < -0.39 is 0 Å². The second-order valence-electron chi connectivity index (χ2n) is 3.97. The van der Waals surface area contributed by atoms with E-state index in [9.17, 15) is 4.79 Å². The zero-order chi connectivity index (χ0) is 13.3. The van der Waals surface area contributed by atoms with Crippen molar-refractivity contribution in [2.24, 2.45) is 0 Å². The van der Waals surface area contributed by atoms with Crippen molar-refractivity contribution < 1.29 is 4.74 Å². The molecule has 0 fully saturated rings. The Labute approximate surface area is 113 Å². The lowest BCUT2D eigenvalue weighted by atomic mass is 10.2. The zero-order valence-corrected chi connectivity index (χ0v) is 11.8. The Morgan fingerprint density at radius 3 is 2.89 bits per heavy atom. The van der Waals surface area contributed by atoms with E-state index >= 15 is 0 Å². The Morgan fingerprint density at radius 2 is 2.22 bits per heavy atom. The molecule has 0 bridgehead atoms. The van der Waals surface area contributed by atoms with Gasteiger partial charge in [-0.15, -0.1) is 0 Å². The molecule has 6 heteroatoms. The number of hydrogen-bond donors (Lipinski definition) is 1. The smallest absolute Gasteiger partial charge is 0.262 e. The maximum Gasteiger partial charge on any atom is 0.262 e. The van der Waals surface area contributed by atoms with E-state index in [4.69, 9.17) is 10.5 Å². The first-order chi connectivity index (χ1) is 8.56. The summed E-state index contributed by atoms with van der Waals surface area (Å²) in [5.41, 5.74) is 6.87. The van der Waals surface area contributed by atoms with Crippen LogP contribution in [0.5, 0.6) is 0 Å². The first-order valence-corrected chi connectivity index (χ1v) is 6.29.